The Morgan fingerprint density at radius 1 is 0.571 bits per heavy atom. The van der Waals surface area contributed by atoms with Gasteiger partial charge in [0.15, 0.2) is 0 Å². The smallest absolute Gasteiger partial charge is 0.0539 e. The van der Waals surface area contributed by atoms with Gasteiger partial charge in [0.25, 0.3) is 0 Å². The van der Waals surface area contributed by atoms with E-state index in [0.29, 0.717) is 5.92 Å². The van der Waals surface area contributed by atoms with Gasteiger partial charge in [-0.3, -0.25) is 0 Å². The molecule has 1 aliphatic rings. The van der Waals surface area contributed by atoms with Crippen molar-refractivity contribution in [2.75, 3.05) is 4.90 Å². The molecule has 0 heterocycles. The van der Waals surface area contributed by atoms with E-state index in [1.165, 1.54) is 38.8 Å². The molecule has 1 unspecified atom stereocenters. The molecule has 0 amide bonds. The number of benzene rings is 5. The highest BCUT2D eigenvalue weighted by atomic mass is 15.1. The highest BCUT2D eigenvalue weighted by Crippen LogP contribution is 2.39. The fourth-order valence-corrected chi connectivity index (χ4v) is 4.99. The summed E-state index contributed by atoms with van der Waals surface area (Å²) >= 11 is 0. The Morgan fingerprint density at radius 2 is 1.23 bits per heavy atom. The minimum Gasteiger partial charge on any atom is -0.310 e. The largest absolute Gasteiger partial charge is 0.310 e. The van der Waals surface area contributed by atoms with Crippen molar-refractivity contribution in [1.82, 2.24) is 0 Å². The monoisotopic (exact) mass is 449 g/mol. The molecule has 0 aliphatic heterocycles. The van der Waals surface area contributed by atoms with Gasteiger partial charge in [0.1, 0.15) is 0 Å². The third-order valence-corrected chi connectivity index (χ3v) is 6.81. The van der Waals surface area contributed by atoms with Gasteiger partial charge >= 0.3 is 0 Å². The maximum Gasteiger partial charge on any atom is 0.0539 e. The van der Waals surface area contributed by atoms with Crippen molar-refractivity contribution in [1.29, 1.82) is 0 Å². The second-order valence-electron chi connectivity index (χ2n) is 8.99. The summed E-state index contributed by atoms with van der Waals surface area (Å²) in [6.07, 6.45) is 8.00. The molecule has 6 rings (SSSR count). The van der Waals surface area contributed by atoms with Crippen LogP contribution in [0.1, 0.15) is 17.9 Å². The van der Waals surface area contributed by atoms with Gasteiger partial charge in [0.05, 0.1) is 5.69 Å². The Bertz CT molecular complexity index is 1490. The molecule has 0 saturated carbocycles. The van der Waals surface area contributed by atoms with Crippen LogP contribution < -0.4 is 4.90 Å². The summed E-state index contributed by atoms with van der Waals surface area (Å²) in [4.78, 5) is 2.40. The van der Waals surface area contributed by atoms with Gasteiger partial charge in [-0.25, -0.2) is 0 Å². The van der Waals surface area contributed by atoms with Gasteiger partial charge in [-0.2, -0.15) is 0 Å². The van der Waals surface area contributed by atoms with Crippen molar-refractivity contribution in [3.8, 4) is 11.1 Å². The minimum atomic E-state index is 0.412. The number of nitrogens with zero attached hydrogens (tertiary/aromatic N) is 1. The molecule has 5 aromatic rings. The van der Waals surface area contributed by atoms with Crippen LogP contribution >= 0.6 is 0 Å². The van der Waals surface area contributed by atoms with E-state index in [1.807, 2.05) is 0 Å². The molecule has 0 aromatic heterocycles. The van der Waals surface area contributed by atoms with Crippen molar-refractivity contribution >= 4 is 22.1 Å². The minimum absolute atomic E-state index is 0.412. The maximum atomic E-state index is 2.40. The topological polar surface area (TPSA) is 3.24 Å². The van der Waals surface area contributed by atoms with Crippen LogP contribution in [0.5, 0.6) is 0 Å². The normalized spacial score (nSPS) is 15.1. The zero-order valence-corrected chi connectivity index (χ0v) is 19.6. The Kier molecular flexibility index (Phi) is 5.74. The van der Waals surface area contributed by atoms with E-state index in [4.69, 9.17) is 0 Å². The molecule has 35 heavy (non-hydrogen) atoms. The van der Waals surface area contributed by atoms with Gasteiger partial charge in [-0.05, 0) is 52.8 Å². The first-order valence-corrected chi connectivity index (χ1v) is 12.2. The molecule has 1 aliphatic carbocycles. The van der Waals surface area contributed by atoms with Gasteiger partial charge in [-0.15, -0.1) is 0 Å². The van der Waals surface area contributed by atoms with Gasteiger partial charge in [0.2, 0.25) is 0 Å². The van der Waals surface area contributed by atoms with E-state index in [2.05, 4.69) is 151 Å². The fraction of sp³-hybridized carbons (Fsp3) is 0.0588. The predicted molar refractivity (Wildman–Crippen MR) is 149 cm³/mol. The average Bonchev–Trinajstić information content (AvgIpc) is 2.95. The molecule has 0 fully saturated rings. The van der Waals surface area contributed by atoms with Crippen LogP contribution in [0.3, 0.4) is 0 Å². The zero-order valence-electron chi connectivity index (χ0n) is 19.6. The molecule has 1 atom stereocenters. The SMILES string of the molecule is C1=CC(c2ccccc2)CC=C1N(c1ccc(-c2ccccc2)cc1)c1cccc2ccccc12. The van der Waals surface area contributed by atoms with Gasteiger partial charge in [-0.1, -0.05) is 121 Å². The van der Waals surface area contributed by atoms with E-state index in [0.717, 1.165) is 12.1 Å². The average molecular weight is 450 g/mol. The second-order valence-corrected chi connectivity index (χ2v) is 8.99. The lowest BCUT2D eigenvalue weighted by Gasteiger charge is -2.30. The fourth-order valence-electron chi connectivity index (χ4n) is 4.99. The number of anilines is 2. The van der Waals surface area contributed by atoms with E-state index in [-0.39, 0.29) is 0 Å². The van der Waals surface area contributed by atoms with Crippen LogP contribution in [-0.4, -0.2) is 0 Å². The molecule has 0 radical (unpaired) electrons. The molecule has 0 N–H and O–H groups in total. The molecular weight excluding hydrogens is 422 g/mol. The number of hydrogen-bond acceptors (Lipinski definition) is 1. The van der Waals surface area contributed by atoms with E-state index >= 15 is 0 Å². The standard InChI is InChI=1S/C34H27N/c1-3-10-26(11-4-1)28-18-22-31(23-19-28)35(34-17-9-15-30-14-7-8-16-33(30)34)32-24-20-29(21-25-32)27-12-5-2-6-13-27/h1-20,22-25,29H,21H2. The molecule has 168 valence electrons. The van der Waals surface area contributed by atoms with E-state index in [1.54, 1.807) is 0 Å². The molecular formula is C34H27N. The second kappa shape index (κ2) is 9.48. The van der Waals surface area contributed by atoms with Crippen molar-refractivity contribution < 1.29 is 0 Å². The highest BCUT2D eigenvalue weighted by Gasteiger charge is 2.19. The number of rotatable bonds is 5. The highest BCUT2D eigenvalue weighted by molar-refractivity contribution is 5.97. The van der Waals surface area contributed by atoms with Crippen molar-refractivity contribution in [3.05, 3.63) is 157 Å². The van der Waals surface area contributed by atoms with Gasteiger partial charge < -0.3 is 4.90 Å². The maximum absolute atomic E-state index is 2.40. The predicted octanol–water partition coefficient (Wildman–Crippen LogP) is 9.27. The Hall–Kier alpha value is -4.36. The summed E-state index contributed by atoms with van der Waals surface area (Å²) in [5.74, 6) is 0.412. The molecule has 1 nitrogen and oxygen atoms in total. The molecule has 0 bridgehead atoms. The molecule has 5 aromatic carbocycles. The van der Waals surface area contributed by atoms with Crippen molar-refractivity contribution in [2.24, 2.45) is 0 Å². The third kappa shape index (κ3) is 4.29. The number of hydrogen-bond donors (Lipinski definition) is 0. The van der Waals surface area contributed by atoms with Gasteiger partial charge in [0, 0.05) is 22.7 Å². The first-order chi connectivity index (χ1) is 17.4. The summed E-state index contributed by atoms with van der Waals surface area (Å²) in [6, 6.07) is 45.5. The lowest BCUT2D eigenvalue weighted by atomic mass is 9.91. The van der Waals surface area contributed by atoms with E-state index in [9.17, 15) is 0 Å². The summed E-state index contributed by atoms with van der Waals surface area (Å²) in [6.45, 7) is 0. The Labute approximate surface area is 207 Å². The first-order valence-electron chi connectivity index (χ1n) is 12.2. The Morgan fingerprint density at radius 3 is 1.97 bits per heavy atom. The van der Waals surface area contributed by atoms with Crippen LogP contribution in [0.25, 0.3) is 21.9 Å². The number of fused-ring (bicyclic) bond motifs is 1. The molecule has 0 spiro atoms. The Balaban J connectivity index is 1.42. The lowest BCUT2D eigenvalue weighted by Crippen LogP contribution is -2.17. The van der Waals surface area contributed by atoms with Crippen LogP contribution in [0, 0.1) is 0 Å². The zero-order chi connectivity index (χ0) is 23.5. The van der Waals surface area contributed by atoms with E-state index < -0.39 is 0 Å². The molecule has 1 heteroatoms. The van der Waals surface area contributed by atoms with Crippen LogP contribution in [0.4, 0.5) is 11.4 Å². The first kappa shape index (κ1) is 21.2. The van der Waals surface area contributed by atoms with Crippen LogP contribution in [-0.2, 0) is 0 Å². The summed E-state index contributed by atoms with van der Waals surface area (Å²) in [5, 5.41) is 2.50. The quantitative estimate of drug-likeness (QED) is 0.258. The number of allylic oxidation sites excluding steroid dienone is 3. The van der Waals surface area contributed by atoms with Crippen molar-refractivity contribution in [3.63, 3.8) is 0 Å². The third-order valence-electron chi connectivity index (χ3n) is 6.81. The van der Waals surface area contributed by atoms with Crippen LogP contribution in [0.15, 0.2) is 151 Å². The lowest BCUT2D eigenvalue weighted by molar-refractivity contribution is 0.840. The molecule has 0 saturated heterocycles. The summed E-state index contributed by atoms with van der Waals surface area (Å²) < 4.78 is 0. The van der Waals surface area contributed by atoms with Crippen molar-refractivity contribution in [2.45, 2.75) is 12.3 Å². The van der Waals surface area contributed by atoms with Crippen LogP contribution in [0.2, 0.25) is 0 Å². The summed E-state index contributed by atoms with van der Waals surface area (Å²) in [5.41, 5.74) is 7.39. The summed E-state index contributed by atoms with van der Waals surface area (Å²) in [7, 11) is 0.